The van der Waals surface area contributed by atoms with E-state index >= 15 is 0 Å². The summed E-state index contributed by atoms with van der Waals surface area (Å²) in [7, 11) is 0. The summed E-state index contributed by atoms with van der Waals surface area (Å²) in [5, 5.41) is 11.2. The number of aliphatic hydroxyl groups is 1. The van der Waals surface area contributed by atoms with Gasteiger partial charge in [-0.1, -0.05) is 56.6 Å². The summed E-state index contributed by atoms with van der Waals surface area (Å²) in [5.41, 5.74) is 3.11. The number of rotatable bonds is 2. The topological polar surface area (TPSA) is 20.2 Å². The van der Waals surface area contributed by atoms with Gasteiger partial charge in [0.1, 0.15) is 6.10 Å². The summed E-state index contributed by atoms with van der Waals surface area (Å²) in [5.74, 6) is 0. The van der Waals surface area contributed by atoms with E-state index in [4.69, 9.17) is 11.6 Å². The number of halogens is 2. The fourth-order valence-corrected chi connectivity index (χ4v) is 2.88. The molecule has 2 aromatic carbocycles. The Bertz CT molecular complexity index is 599. The Morgan fingerprint density at radius 2 is 1.65 bits per heavy atom. The van der Waals surface area contributed by atoms with Crippen molar-refractivity contribution >= 4 is 34.2 Å². The summed E-state index contributed by atoms with van der Waals surface area (Å²) in [4.78, 5) is 0. The lowest BCUT2D eigenvalue weighted by atomic mass is 9.86. The van der Waals surface area contributed by atoms with Crippen LogP contribution in [0.3, 0.4) is 0 Å². The van der Waals surface area contributed by atoms with Crippen LogP contribution in [0.4, 0.5) is 0 Å². The van der Waals surface area contributed by atoms with E-state index in [9.17, 15) is 5.11 Å². The molecule has 0 spiro atoms. The molecule has 2 aromatic rings. The molecular weight excluding hydrogens is 383 g/mol. The molecule has 1 N–H and O–H groups in total. The maximum absolute atomic E-state index is 10.5. The highest BCUT2D eigenvalue weighted by atomic mass is 127. The van der Waals surface area contributed by atoms with Gasteiger partial charge in [0.15, 0.2) is 0 Å². The van der Waals surface area contributed by atoms with Gasteiger partial charge in [0.25, 0.3) is 0 Å². The predicted octanol–water partition coefficient (Wildman–Crippen LogP) is 5.32. The van der Waals surface area contributed by atoms with Crippen molar-refractivity contribution in [3.8, 4) is 0 Å². The van der Waals surface area contributed by atoms with E-state index in [-0.39, 0.29) is 5.41 Å². The van der Waals surface area contributed by atoms with Gasteiger partial charge < -0.3 is 5.11 Å². The second-order valence-electron chi connectivity index (χ2n) is 5.94. The zero-order valence-corrected chi connectivity index (χ0v) is 14.7. The highest BCUT2D eigenvalue weighted by Gasteiger charge is 2.17. The molecule has 106 valence electrons. The summed E-state index contributed by atoms with van der Waals surface area (Å²) in [6, 6.07) is 13.7. The first-order valence-corrected chi connectivity index (χ1v) is 7.98. The fraction of sp³-hybridized carbons (Fsp3) is 0.294. The molecule has 0 aliphatic rings. The Labute approximate surface area is 139 Å². The zero-order chi connectivity index (χ0) is 14.9. The van der Waals surface area contributed by atoms with Crippen LogP contribution in [0.25, 0.3) is 0 Å². The van der Waals surface area contributed by atoms with E-state index in [2.05, 4.69) is 55.5 Å². The Kier molecular flexibility index (Phi) is 4.77. The first kappa shape index (κ1) is 15.8. The van der Waals surface area contributed by atoms with Gasteiger partial charge in [0.2, 0.25) is 0 Å². The monoisotopic (exact) mass is 400 g/mol. The molecule has 1 unspecified atom stereocenters. The number of hydrogen-bond acceptors (Lipinski definition) is 1. The highest BCUT2D eigenvalue weighted by molar-refractivity contribution is 14.1. The summed E-state index contributed by atoms with van der Waals surface area (Å²) >= 11 is 8.24. The molecule has 20 heavy (non-hydrogen) atoms. The van der Waals surface area contributed by atoms with Crippen molar-refractivity contribution in [3.05, 3.63) is 67.7 Å². The van der Waals surface area contributed by atoms with Gasteiger partial charge in [-0.3, -0.25) is 0 Å². The highest BCUT2D eigenvalue weighted by Crippen LogP contribution is 2.30. The maximum atomic E-state index is 10.5. The average molecular weight is 401 g/mol. The SMILES string of the molecule is CC(C)(C)c1ccc(C(O)c2cc(Cl)ccc2I)cc1. The number of aliphatic hydroxyl groups excluding tert-OH is 1. The second-order valence-corrected chi connectivity index (χ2v) is 7.54. The van der Waals surface area contributed by atoms with Crippen LogP contribution < -0.4 is 0 Å². The first-order chi connectivity index (χ1) is 9.29. The molecule has 1 nitrogen and oxygen atoms in total. The van der Waals surface area contributed by atoms with E-state index < -0.39 is 6.10 Å². The third kappa shape index (κ3) is 3.54. The van der Waals surface area contributed by atoms with Gasteiger partial charge in [0, 0.05) is 8.59 Å². The van der Waals surface area contributed by atoms with Gasteiger partial charge in [0.05, 0.1) is 0 Å². The smallest absolute Gasteiger partial charge is 0.105 e. The van der Waals surface area contributed by atoms with Crippen molar-refractivity contribution < 1.29 is 5.11 Å². The summed E-state index contributed by atoms with van der Waals surface area (Å²) in [6.45, 7) is 6.54. The molecule has 0 fully saturated rings. The maximum Gasteiger partial charge on any atom is 0.105 e. The molecule has 0 radical (unpaired) electrons. The van der Waals surface area contributed by atoms with Crippen LogP contribution >= 0.6 is 34.2 Å². The minimum atomic E-state index is -0.644. The van der Waals surface area contributed by atoms with Crippen LogP contribution in [0.5, 0.6) is 0 Å². The largest absolute Gasteiger partial charge is 0.384 e. The molecule has 0 saturated heterocycles. The van der Waals surface area contributed by atoms with Crippen LogP contribution in [0.2, 0.25) is 5.02 Å². The molecule has 0 aliphatic heterocycles. The van der Waals surface area contributed by atoms with Crippen molar-refractivity contribution in [1.29, 1.82) is 0 Å². The predicted molar refractivity (Wildman–Crippen MR) is 93.4 cm³/mol. The quantitative estimate of drug-likeness (QED) is 0.676. The molecule has 3 heteroatoms. The third-order valence-electron chi connectivity index (χ3n) is 3.35. The van der Waals surface area contributed by atoms with E-state index in [1.165, 1.54) is 5.56 Å². The van der Waals surface area contributed by atoms with Crippen LogP contribution in [-0.4, -0.2) is 5.11 Å². The van der Waals surface area contributed by atoms with Gasteiger partial charge in [-0.2, -0.15) is 0 Å². The summed E-state index contributed by atoms with van der Waals surface area (Å²) in [6.07, 6.45) is -0.644. The van der Waals surface area contributed by atoms with E-state index in [0.29, 0.717) is 5.02 Å². The second kappa shape index (κ2) is 6.04. The average Bonchev–Trinajstić information content (AvgIpc) is 2.40. The van der Waals surface area contributed by atoms with Gasteiger partial charge in [-0.25, -0.2) is 0 Å². The standard InChI is InChI=1S/C17H18ClIO/c1-17(2,3)12-6-4-11(5-7-12)16(20)14-10-13(18)8-9-15(14)19/h4-10,16,20H,1-3H3. The van der Waals surface area contributed by atoms with E-state index in [0.717, 1.165) is 14.7 Å². The molecule has 1 atom stereocenters. The fourth-order valence-electron chi connectivity index (χ4n) is 2.07. The number of benzene rings is 2. The molecule has 0 bridgehead atoms. The Balaban J connectivity index is 2.34. The molecule has 2 rings (SSSR count). The summed E-state index contributed by atoms with van der Waals surface area (Å²) < 4.78 is 1.01. The van der Waals surface area contributed by atoms with Gasteiger partial charge >= 0.3 is 0 Å². The van der Waals surface area contributed by atoms with Crippen molar-refractivity contribution in [3.63, 3.8) is 0 Å². The Morgan fingerprint density at radius 3 is 2.20 bits per heavy atom. The Hall–Kier alpha value is -0.580. The van der Waals surface area contributed by atoms with Crippen LogP contribution in [-0.2, 0) is 5.41 Å². The van der Waals surface area contributed by atoms with Gasteiger partial charge in [-0.15, -0.1) is 0 Å². The Morgan fingerprint density at radius 1 is 1.05 bits per heavy atom. The van der Waals surface area contributed by atoms with E-state index in [1.54, 1.807) is 0 Å². The normalized spacial score (nSPS) is 13.3. The third-order valence-corrected chi connectivity index (χ3v) is 4.56. The minimum Gasteiger partial charge on any atom is -0.384 e. The lowest BCUT2D eigenvalue weighted by Gasteiger charge is -2.20. The minimum absolute atomic E-state index is 0.119. The van der Waals surface area contributed by atoms with Crippen molar-refractivity contribution in [2.75, 3.05) is 0 Å². The number of hydrogen-bond donors (Lipinski definition) is 1. The van der Waals surface area contributed by atoms with E-state index in [1.807, 2.05) is 30.3 Å². The first-order valence-electron chi connectivity index (χ1n) is 6.52. The van der Waals surface area contributed by atoms with Crippen LogP contribution in [0, 0.1) is 3.57 Å². The molecule has 0 aromatic heterocycles. The molecule has 0 aliphatic carbocycles. The lowest BCUT2D eigenvalue weighted by molar-refractivity contribution is 0.219. The zero-order valence-electron chi connectivity index (χ0n) is 11.8. The molecule has 0 heterocycles. The lowest BCUT2D eigenvalue weighted by Crippen LogP contribution is -2.11. The van der Waals surface area contributed by atoms with Crippen LogP contribution in [0.1, 0.15) is 43.6 Å². The molecule has 0 amide bonds. The van der Waals surface area contributed by atoms with Crippen molar-refractivity contribution in [2.24, 2.45) is 0 Å². The van der Waals surface area contributed by atoms with Gasteiger partial charge in [-0.05, 0) is 62.9 Å². The van der Waals surface area contributed by atoms with Crippen LogP contribution in [0.15, 0.2) is 42.5 Å². The van der Waals surface area contributed by atoms with Crippen molar-refractivity contribution in [2.45, 2.75) is 32.3 Å². The molecular formula is C17H18ClIO. The molecule has 0 saturated carbocycles. The van der Waals surface area contributed by atoms with Crippen molar-refractivity contribution in [1.82, 2.24) is 0 Å².